The Morgan fingerprint density at radius 3 is 2.22 bits per heavy atom. The predicted molar refractivity (Wildman–Crippen MR) is 127 cm³/mol. The Hall–Kier alpha value is -3.50. The van der Waals surface area contributed by atoms with Crippen molar-refractivity contribution in [3.63, 3.8) is 0 Å². The summed E-state index contributed by atoms with van der Waals surface area (Å²) in [5, 5.41) is 2.41. The van der Waals surface area contributed by atoms with Gasteiger partial charge in [-0.25, -0.2) is 0 Å². The Kier molecular flexibility index (Phi) is 5.70. The predicted octanol–water partition coefficient (Wildman–Crippen LogP) is 5.11. The molecule has 0 spiro atoms. The van der Waals surface area contributed by atoms with Gasteiger partial charge in [0.15, 0.2) is 17.5 Å². The monoisotopic (exact) mass is 425 g/mol. The third-order valence-corrected chi connectivity index (χ3v) is 6.05. The molecule has 3 aromatic carbocycles. The van der Waals surface area contributed by atoms with Gasteiger partial charge < -0.3 is 19.4 Å². The van der Waals surface area contributed by atoms with Gasteiger partial charge in [-0.2, -0.15) is 0 Å². The number of rotatable bonds is 6. The summed E-state index contributed by atoms with van der Waals surface area (Å²) in [5.74, 6) is 1.62. The molecule has 0 bridgehead atoms. The minimum Gasteiger partial charge on any atom is -0.490 e. The van der Waals surface area contributed by atoms with Crippen LogP contribution >= 0.6 is 0 Å². The molecule has 0 unspecified atom stereocenters. The highest BCUT2D eigenvalue weighted by Crippen LogP contribution is 2.36. The van der Waals surface area contributed by atoms with E-state index in [1.54, 1.807) is 0 Å². The van der Waals surface area contributed by atoms with Gasteiger partial charge in [0.05, 0.1) is 24.6 Å². The Labute approximate surface area is 189 Å². The largest absolute Gasteiger partial charge is 0.490 e. The van der Waals surface area contributed by atoms with E-state index in [9.17, 15) is 0 Å². The second kappa shape index (κ2) is 8.93. The number of hydrogen-bond acceptors (Lipinski definition) is 2. The maximum Gasteiger partial charge on any atom is 0.163 e. The average molecular weight is 426 g/mol. The lowest BCUT2D eigenvalue weighted by molar-refractivity contribution is -0.702. The molecule has 1 aromatic heterocycles. The molecule has 5 rings (SSSR count). The van der Waals surface area contributed by atoms with Crippen LogP contribution in [0.25, 0.3) is 16.8 Å². The standard InChI is InChI=1S/C28H28N2O2/c1-3-31-26-17-23-19-29-28(22-14-12-21(13-15-22)20-9-6-5-7-10-20)24-11-8-16-30(24)25(23)18-27(26)32-4-2/h5-18,28-29H,3-4,19H2,1-2H3/p+1/t28-/m0/s1. The first-order valence-corrected chi connectivity index (χ1v) is 11.4. The Morgan fingerprint density at radius 1 is 0.812 bits per heavy atom. The summed E-state index contributed by atoms with van der Waals surface area (Å²) < 4.78 is 14.1. The van der Waals surface area contributed by atoms with E-state index in [0.29, 0.717) is 13.2 Å². The van der Waals surface area contributed by atoms with Crippen molar-refractivity contribution in [3.8, 4) is 28.3 Å². The van der Waals surface area contributed by atoms with Gasteiger partial charge >= 0.3 is 0 Å². The van der Waals surface area contributed by atoms with Gasteiger partial charge in [0.1, 0.15) is 6.54 Å². The van der Waals surface area contributed by atoms with Gasteiger partial charge in [-0.15, -0.1) is 0 Å². The minimum atomic E-state index is 0.216. The molecule has 4 nitrogen and oxygen atoms in total. The second-order valence-corrected chi connectivity index (χ2v) is 8.00. The van der Waals surface area contributed by atoms with Crippen LogP contribution in [0.3, 0.4) is 0 Å². The van der Waals surface area contributed by atoms with Crippen LogP contribution in [-0.2, 0) is 6.54 Å². The molecule has 1 aliphatic rings. The van der Waals surface area contributed by atoms with Crippen molar-refractivity contribution in [3.05, 3.63) is 102 Å². The average Bonchev–Trinajstić information content (AvgIpc) is 3.26. The second-order valence-electron chi connectivity index (χ2n) is 8.00. The summed E-state index contributed by atoms with van der Waals surface area (Å²) in [5.41, 5.74) is 7.46. The van der Waals surface area contributed by atoms with Crippen molar-refractivity contribution in [2.75, 3.05) is 13.2 Å². The van der Waals surface area contributed by atoms with Crippen LogP contribution in [-0.4, -0.2) is 17.8 Å². The van der Waals surface area contributed by atoms with Crippen LogP contribution in [0.1, 0.15) is 36.7 Å². The van der Waals surface area contributed by atoms with Gasteiger partial charge in [-0.1, -0.05) is 54.6 Å². The van der Waals surface area contributed by atoms with Crippen molar-refractivity contribution in [1.29, 1.82) is 0 Å². The maximum atomic E-state index is 5.91. The smallest absolute Gasteiger partial charge is 0.163 e. The zero-order valence-corrected chi connectivity index (χ0v) is 18.6. The van der Waals surface area contributed by atoms with Crippen molar-refractivity contribution in [2.45, 2.75) is 26.4 Å². The summed E-state index contributed by atoms with van der Waals surface area (Å²) in [6.45, 7) is 6.11. The molecule has 162 valence electrons. The van der Waals surface area contributed by atoms with E-state index >= 15 is 0 Å². The summed E-state index contributed by atoms with van der Waals surface area (Å²) in [6, 6.07) is 28.3. The number of nitrogens with two attached hydrogens (primary N) is 1. The Bertz CT molecular complexity index is 1200. The minimum absolute atomic E-state index is 0.216. The van der Waals surface area contributed by atoms with Crippen molar-refractivity contribution in [2.24, 2.45) is 0 Å². The molecule has 0 saturated carbocycles. The lowest BCUT2D eigenvalue weighted by Gasteiger charge is -2.16. The molecule has 4 heteroatoms. The van der Waals surface area contributed by atoms with E-state index in [4.69, 9.17) is 9.47 Å². The molecule has 2 N–H and O–H groups in total. The topological polar surface area (TPSA) is 40.0 Å². The number of benzene rings is 3. The van der Waals surface area contributed by atoms with E-state index in [2.05, 4.69) is 94.9 Å². The summed E-state index contributed by atoms with van der Waals surface area (Å²) in [7, 11) is 0. The zero-order valence-electron chi connectivity index (χ0n) is 18.6. The number of ether oxygens (including phenoxy) is 2. The molecule has 1 atom stereocenters. The van der Waals surface area contributed by atoms with Crippen LogP contribution in [0.15, 0.2) is 85.1 Å². The Morgan fingerprint density at radius 2 is 1.50 bits per heavy atom. The van der Waals surface area contributed by atoms with Gasteiger partial charge in [0.25, 0.3) is 0 Å². The maximum absolute atomic E-state index is 5.91. The number of hydrogen-bond donors (Lipinski definition) is 1. The molecule has 0 radical (unpaired) electrons. The Balaban J connectivity index is 1.52. The molecular weight excluding hydrogens is 396 g/mol. The summed E-state index contributed by atoms with van der Waals surface area (Å²) >= 11 is 0. The third-order valence-electron chi connectivity index (χ3n) is 6.05. The number of fused-ring (bicyclic) bond motifs is 3. The fourth-order valence-corrected chi connectivity index (χ4v) is 4.57. The number of aromatic nitrogens is 1. The molecular formula is C28H29N2O2+. The summed E-state index contributed by atoms with van der Waals surface area (Å²) in [4.78, 5) is 0. The highest BCUT2D eigenvalue weighted by atomic mass is 16.5. The molecule has 2 heterocycles. The van der Waals surface area contributed by atoms with Crippen LogP contribution in [0, 0.1) is 0 Å². The lowest BCUT2D eigenvalue weighted by atomic mass is 9.99. The molecule has 0 fully saturated rings. The molecule has 0 saturated heterocycles. The van der Waals surface area contributed by atoms with E-state index in [0.717, 1.165) is 23.7 Å². The summed E-state index contributed by atoms with van der Waals surface area (Å²) in [6.07, 6.45) is 2.15. The van der Waals surface area contributed by atoms with E-state index in [-0.39, 0.29) is 6.04 Å². The van der Waals surface area contributed by atoms with Crippen molar-refractivity contribution in [1.82, 2.24) is 4.57 Å². The van der Waals surface area contributed by atoms with Crippen LogP contribution in [0.4, 0.5) is 0 Å². The van der Waals surface area contributed by atoms with Crippen molar-refractivity contribution < 1.29 is 14.8 Å². The molecule has 0 aliphatic carbocycles. The third kappa shape index (κ3) is 3.78. The molecule has 0 amide bonds. The normalized spacial score (nSPS) is 14.9. The van der Waals surface area contributed by atoms with Crippen LogP contribution < -0.4 is 14.8 Å². The molecule has 32 heavy (non-hydrogen) atoms. The highest BCUT2D eigenvalue weighted by Gasteiger charge is 2.27. The lowest BCUT2D eigenvalue weighted by Crippen LogP contribution is -2.83. The van der Waals surface area contributed by atoms with Gasteiger partial charge in [-0.3, -0.25) is 0 Å². The molecule has 1 aliphatic heterocycles. The first-order chi connectivity index (χ1) is 15.8. The van der Waals surface area contributed by atoms with Gasteiger partial charge in [0, 0.05) is 23.4 Å². The number of nitrogens with zero attached hydrogens (tertiary/aromatic N) is 1. The zero-order chi connectivity index (χ0) is 21.9. The first-order valence-electron chi connectivity index (χ1n) is 11.4. The number of quaternary nitrogens is 1. The highest BCUT2D eigenvalue weighted by molar-refractivity contribution is 5.63. The van der Waals surface area contributed by atoms with E-state index in [1.807, 2.05) is 13.8 Å². The van der Waals surface area contributed by atoms with Gasteiger partial charge in [0.2, 0.25) is 0 Å². The van der Waals surface area contributed by atoms with Crippen LogP contribution in [0.2, 0.25) is 0 Å². The van der Waals surface area contributed by atoms with Crippen LogP contribution in [0.5, 0.6) is 11.5 Å². The SMILES string of the molecule is CCOc1cc2c(cc1OCC)-n1cccc1[C@H](c1ccc(-c3ccccc3)cc1)[NH2+]C2. The van der Waals surface area contributed by atoms with E-state index < -0.39 is 0 Å². The molecule has 4 aromatic rings. The quantitative estimate of drug-likeness (QED) is 0.466. The fraction of sp³-hybridized carbons (Fsp3) is 0.214. The van der Waals surface area contributed by atoms with Crippen molar-refractivity contribution >= 4 is 0 Å². The van der Waals surface area contributed by atoms with Gasteiger partial charge in [-0.05, 0) is 43.2 Å². The fourth-order valence-electron chi connectivity index (χ4n) is 4.57. The van der Waals surface area contributed by atoms with E-state index in [1.165, 1.54) is 27.9 Å². The first kappa shape index (κ1) is 20.4.